The summed E-state index contributed by atoms with van der Waals surface area (Å²) in [4.78, 5) is 4.03. The van der Waals surface area contributed by atoms with Crippen LogP contribution in [0.1, 0.15) is 12.8 Å². The number of nitrogens with two attached hydrogens (primary N) is 1. The summed E-state index contributed by atoms with van der Waals surface area (Å²) >= 11 is 5.73. The van der Waals surface area contributed by atoms with E-state index < -0.39 is 0 Å². The molecule has 0 spiro atoms. The Bertz CT molecular complexity index is 353. The van der Waals surface area contributed by atoms with Gasteiger partial charge in [0.2, 0.25) is 5.88 Å². The second-order valence-corrected chi connectivity index (χ2v) is 4.05. The van der Waals surface area contributed by atoms with E-state index in [4.69, 9.17) is 26.8 Å². The molecule has 1 aliphatic rings. The van der Waals surface area contributed by atoms with Gasteiger partial charge in [-0.15, -0.1) is 0 Å². The van der Waals surface area contributed by atoms with E-state index in [9.17, 15) is 0 Å². The van der Waals surface area contributed by atoms with Crippen LogP contribution in [0.5, 0.6) is 5.88 Å². The predicted octanol–water partition coefficient (Wildman–Crippen LogP) is 1.87. The average molecular weight is 229 g/mol. The second-order valence-electron chi connectivity index (χ2n) is 3.62. The van der Waals surface area contributed by atoms with Crippen molar-refractivity contribution in [1.29, 1.82) is 0 Å². The van der Waals surface area contributed by atoms with Crippen molar-refractivity contribution in [2.24, 2.45) is 0 Å². The second kappa shape index (κ2) is 4.24. The first-order valence-electron chi connectivity index (χ1n) is 4.79. The lowest BCUT2D eigenvalue weighted by Gasteiger charge is -2.33. The molecule has 0 aromatic carbocycles. The minimum absolute atomic E-state index is 0.158. The van der Waals surface area contributed by atoms with Crippen LogP contribution in [0.2, 0.25) is 5.02 Å². The summed E-state index contributed by atoms with van der Waals surface area (Å²) in [5, 5.41) is 0.517. The molecule has 0 aliphatic heterocycles. The van der Waals surface area contributed by atoms with Gasteiger partial charge < -0.3 is 15.2 Å². The van der Waals surface area contributed by atoms with E-state index in [1.54, 1.807) is 13.2 Å². The minimum atomic E-state index is 0.158. The zero-order chi connectivity index (χ0) is 10.8. The molecule has 0 amide bonds. The molecule has 2 N–H and O–H groups in total. The molecule has 4 nitrogen and oxygen atoms in total. The molecule has 1 aliphatic carbocycles. The third-order valence-electron chi connectivity index (χ3n) is 2.51. The zero-order valence-corrected chi connectivity index (χ0v) is 9.20. The summed E-state index contributed by atoms with van der Waals surface area (Å²) < 4.78 is 10.7. The first-order valence-corrected chi connectivity index (χ1v) is 5.17. The van der Waals surface area contributed by atoms with Gasteiger partial charge in [0.05, 0.1) is 16.8 Å². The molecule has 0 atom stereocenters. The van der Waals surface area contributed by atoms with Crippen molar-refractivity contribution in [2.45, 2.75) is 25.0 Å². The molecule has 1 saturated carbocycles. The van der Waals surface area contributed by atoms with E-state index >= 15 is 0 Å². The molecule has 0 unspecified atom stereocenters. The summed E-state index contributed by atoms with van der Waals surface area (Å²) in [6, 6.07) is 1.64. The smallest absolute Gasteiger partial charge is 0.237 e. The summed E-state index contributed by atoms with van der Waals surface area (Å²) in [6.07, 6.45) is 3.77. The molecule has 1 fully saturated rings. The summed E-state index contributed by atoms with van der Waals surface area (Å²) in [7, 11) is 1.70. The Hall–Kier alpha value is -1.00. The van der Waals surface area contributed by atoms with E-state index in [1.807, 2.05) is 0 Å². The Morgan fingerprint density at radius 2 is 2.20 bits per heavy atom. The van der Waals surface area contributed by atoms with Gasteiger partial charge in [-0.2, -0.15) is 0 Å². The molecule has 1 heterocycles. The summed E-state index contributed by atoms with van der Waals surface area (Å²) in [6.45, 7) is 0. The van der Waals surface area contributed by atoms with Crippen molar-refractivity contribution in [3.05, 3.63) is 17.3 Å². The molecule has 15 heavy (non-hydrogen) atoms. The Morgan fingerprint density at radius 3 is 2.80 bits per heavy atom. The fourth-order valence-corrected chi connectivity index (χ4v) is 1.67. The van der Waals surface area contributed by atoms with Crippen LogP contribution in [0.15, 0.2) is 12.3 Å². The van der Waals surface area contributed by atoms with Gasteiger partial charge >= 0.3 is 0 Å². The molecule has 0 radical (unpaired) electrons. The molecular weight excluding hydrogens is 216 g/mol. The molecule has 82 valence electrons. The van der Waals surface area contributed by atoms with Gasteiger partial charge in [-0.25, -0.2) is 4.98 Å². The van der Waals surface area contributed by atoms with Crippen molar-refractivity contribution in [2.75, 3.05) is 12.8 Å². The normalized spacial score (nSPS) is 24.7. The highest BCUT2D eigenvalue weighted by Crippen LogP contribution is 2.30. The number of nitrogen functional groups attached to an aromatic ring is 1. The highest BCUT2D eigenvalue weighted by atomic mass is 35.5. The van der Waals surface area contributed by atoms with E-state index in [1.165, 1.54) is 6.20 Å². The van der Waals surface area contributed by atoms with Gasteiger partial charge in [0, 0.05) is 26.1 Å². The number of methoxy groups -OCH3 is 1. The molecule has 0 saturated heterocycles. The van der Waals surface area contributed by atoms with E-state index in [-0.39, 0.29) is 6.10 Å². The topological polar surface area (TPSA) is 57.4 Å². The van der Waals surface area contributed by atoms with Gasteiger partial charge in [-0.3, -0.25) is 0 Å². The number of pyridine rings is 1. The van der Waals surface area contributed by atoms with Gasteiger partial charge in [0.1, 0.15) is 6.10 Å². The Kier molecular flexibility index (Phi) is 2.98. The van der Waals surface area contributed by atoms with Crippen molar-refractivity contribution in [3.63, 3.8) is 0 Å². The third kappa shape index (κ3) is 2.33. The Morgan fingerprint density at radius 1 is 1.47 bits per heavy atom. The van der Waals surface area contributed by atoms with Crippen molar-refractivity contribution in [1.82, 2.24) is 4.98 Å². The van der Waals surface area contributed by atoms with Crippen molar-refractivity contribution in [3.8, 4) is 5.88 Å². The lowest BCUT2D eigenvalue weighted by Crippen LogP contribution is -2.39. The molecule has 0 bridgehead atoms. The Labute approximate surface area is 93.3 Å². The van der Waals surface area contributed by atoms with E-state index in [2.05, 4.69) is 4.98 Å². The number of rotatable bonds is 3. The van der Waals surface area contributed by atoms with E-state index in [0.29, 0.717) is 22.7 Å². The van der Waals surface area contributed by atoms with Crippen LogP contribution >= 0.6 is 11.6 Å². The first-order chi connectivity index (χ1) is 7.19. The standard InChI is InChI=1S/C10H13ClN2O2/c1-14-7-3-8(4-7)15-10-9(12)2-6(11)5-13-10/h2,5,7-8H,3-4,12H2,1H3. The number of hydrogen-bond acceptors (Lipinski definition) is 4. The number of aromatic nitrogens is 1. The highest BCUT2D eigenvalue weighted by Gasteiger charge is 2.31. The summed E-state index contributed by atoms with van der Waals surface area (Å²) in [5.41, 5.74) is 6.19. The zero-order valence-electron chi connectivity index (χ0n) is 8.44. The monoisotopic (exact) mass is 228 g/mol. The number of nitrogens with zero attached hydrogens (tertiary/aromatic N) is 1. The van der Waals surface area contributed by atoms with Crippen LogP contribution in [-0.4, -0.2) is 24.3 Å². The number of halogens is 1. The first kappa shape index (κ1) is 10.5. The third-order valence-corrected chi connectivity index (χ3v) is 2.72. The van der Waals surface area contributed by atoms with Crippen molar-refractivity contribution < 1.29 is 9.47 Å². The van der Waals surface area contributed by atoms with Crippen LogP contribution in [0.4, 0.5) is 5.69 Å². The van der Waals surface area contributed by atoms with E-state index in [0.717, 1.165) is 12.8 Å². The number of anilines is 1. The van der Waals surface area contributed by atoms with Crippen LogP contribution < -0.4 is 10.5 Å². The van der Waals surface area contributed by atoms with Gasteiger partial charge in [0.15, 0.2) is 0 Å². The molecular formula is C10H13ClN2O2. The number of ether oxygens (including phenoxy) is 2. The quantitative estimate of drug-likeness (QED) is 0.858. The maximum Gasteiger partial charge on any atom is 0.237 e. The average Bonchev–Trinajstić information content (AvgIpc) is 2.13. The lowest BCUT2D eigenvalue weighted by molar-refractivity contribution is -0.0393. The maximum atomic E-state index is 5.73. The summed E-state index contributed by atoms with van der Waals surface area (Å²) in [5.74, 6) is 0.457. The van der Waals surface area contributed by atoms with Crippen LogP contribution in [0, 0.1) is 0 Å². The number of hydrogen-bond donors (Lipinski definition) is 1. The maximum absolute atomic E-state index is 5.73. The Balaban J connectivity index is 1.94. The molecule has 2 rings (SSSR count). The SMILES string of the molecule is COC1CC(Oc2ncc(Cl)cc2N)C1. The minimum Gasteiger partial charge on any atom is -0.473 e. The molecule has 1 aromatic rings. The van der Waals surface area contributed by atoms with Gasteiger partial charge in [-0.05, 0) is 6.07 Å². The van der Waals surface area contributed by atoms with Crippen LogP contribution in [0.25, 0.3) is 0 Å². The van der Waals surface area contributed by atoms with Crippen LogP contribution in [0.3, 0.4) is 0 Å². The molecule has 5 heteroatoms. The van der Waals surface area contributed by atoms with Gasteiger partial charge in [-0.1, -0.05) is 11.6 Å². The largest absolute Gasteiger partial charge is 0.473 e. The fourth-order valence-electron chi connectivity index (χ4n) is 1.50. The highest BCUT2D eigenvalue weighted by molar-refractivity contribution is 6.30. The fraction of sp³-hybridized carbons (Fsp3) is 0.500. The molecule has 1 aromatic heterocycles. The van der Waals surface area contributed by atoms with Crippen molar-refractivity contribution >= 4 is 17.3 Å². The lowest BCUT2D eigenvalue weighted by atomic mass is 9.92. The van der Waals surface area contributed by atoms with Gasteiger partial charge in [0.25, 0.3) is 0 Å². The van der Waals surface area contributed by atoms with Crippen LogP contribution in [-0.2, 0) is 4.74 Å². The predicted molar refractivity (Wildman–Crippen MR) is 58.1 cm³/mol.